The number of piperidine rings is 1. The fraction of sp³-hybridized carbons (Fsp3) is 0.762. The molecule has 3 aliphatic heterocycles. The lowest BCUT2D eigenvalue weighted by molar-refractivity contribution is -0.140. The van der Waals surface area contributed by atoms with Crippen molar-refractivity contribution >= 4 is 17.6 Å². The smallest absolute Gasteiger partial charge is 0.366 e. The van der Waals surface area contributed by atoms with E-state index in [1.807, 2.05) is 4.90 Å². The van der Waals surface area contributed by atoms with Crippen LogP contribution in [0, 0.1) is 11.3 Å². The Hall–Kier alpha value is -2.10. The van der Waals surface area contributed by atoms with Gasteiger partial charge in [-0.05, 0) is 45.4 Å². The van der Waals surface area contributed by atoms with Crippen molar-refractivity contribution in [2.45, 2.75) is 57.9 Å². The third-order valence-corrected chi connectivity index (χ3v) is 6.82. The number of alkyl halides is 3. The maximum Gasteiger partial charge on any atom is 0.432 e. The van der Waals surface area contributed by atoms with Crippen molar-refractivity contribution in [3.05, 3.63) is 11.8 Å². The van der Waals surface area contributed by atoms with Gasteiger partial charge in [-0.1, -0.05) is 6.08 Å². The number of nitrogens with one attached hydrogen (secondary N) is 1. The summed E-state index contributed by atoms with van der Waals surface area (Å²) in [6.07, 6.45) is -0.366. The highest BCUT2D eigenvalue weighted by atomic mass is 19.4. The van der Waals surface area contributed by atoms with Crippen molar-refractivity contribution in [2.24, 2.45) is 16.3 Å². The first kappa shape index (κ1) is 22.1. The molecule has 10 heteroatoms. The van der Waals surface area contributed by atoms with Crippen molar-refractivity contribution < 1.29 is 27.5 Å². The summed E-state index contributed by atoms with van der Waals surface area (Å²) in [5.74, 6) is 0.173. The van der Waals surface area contributed by atoms with Crippen molar-refractivity contribution in [1.29, 1.82) is 0 Å². The molecule has 4 rings (SSSR count). The van der Waals surface area contributed by atoms with Gasteiger partial charge in [-0.15, -0.1) is 0 Å². The Morgan fingerprint density at radius 1 is 1.32 bits per heavy atom. The minimum Gasteiger partial charge on any atom is -0.366 e. The molecule has 0 aromatic rings. The normalized spacial score (nSPS) is 29.3. The van der Waals surface area contributed by atoms with Crippen LogP contribution < -0.4 is 5.32 Å². The molecule has 2 atom stereocenters. The van der Waals surface area contributed by atoms with Crippen LogP contribution in [-0.2, 0) is 9.53 Å². The fourth-order valence-electron chi connectivity index (χ4n) is 5.50. The molecule has 3 amide bonds. The summed E-state index contributed by atoms with van der Waals surface area (Å²) in [7, 11) is 0. The van der Waals surface area contributed by atoms with Gasteiger partial charge in [-0.25, -0.2) is 4.79 Å². The average molecular weight is 442 g/mol. The summed E-state index contributed by atoms with van der Waals surface area (Å²) in [5.41, 5.74) is -0.242. The van der Waals surface area contributed by atoms with Gasteiger partial charge in [0, 0.05) is 37.3 Å². The first-order valence-corrected chi connectivity index (χ1v) is 10.8. The molecule has 0 radical (unpaired) electrons. The molecule has 1 spiro atoms. The Morgan fingerprint density at radius 3 is 2.68 bits per heavy atom. The van der Waals surface area contributed by atoms with Crippen LogP contribution in [0.15, 0.2) is 16.8 Å². The molecule has 2 unspecified atom stereocenters. The van der Waals surface area contributed by atoms with Crippen LogP contribution >= 0.6 is 0 Å². The highest BCUT2D eigenvalue weighted by Gasteiger charge is 2.54. The lowest BCUT2D eigenvalue weighted by Crippen LogP contribution is -2.68. The summed E-state index contributed by atoms with van der Waals surface area (Å²) in [5, 5.41) is 2.91. The topological polar surface area (TPSA) is 74.2 Å². The number of hydrogen-bond donors (Lipinski definition) is 1. The third kappa shape index (κ3) is 4.58. The summed E-state index contributed by atoms with van der Waals surface area (Å²) < 4.78 is 44.1. The third-order valence-electron chi connectivity index (χ3n) is 6.82. The second kappa shape index (κ2) is 8.11. The molecule has 31 heavy (non-hydrogen) atoms. The number of allylic oxidation sites excluding steroid dienone is 2. The zero-order chi connectivity index (χ0) is 22.4. The number of likely N-dealkylation sites (tertiary alicyclic amines) is 2. The first-order valence-electron chi connectivity index (χ1n) is 10.8. The molecule has 4 aliphatic rings. The lowest BCUT2D eigenvalue weighted by Gasteiger charge is -2.60. The van der Waals surface area contributed by atoms with Crippen LogP contribution in [0.25, 0.3) is 0 Å². The number of morpholine rings is 1. The highest BCUT2D eigenvalue weighted by molar-refractivity contribution is 5.83. The quantitative estimate of drug-likeness (QED) is 0.683. The van der Waals surface area contributed by atoms with E-state index < -0.39 is 11.9 Å². The predicted octanol–water partition coefficient (Wildman–Crippen LogP) is 2.72. The van der Waals surface area contributed by atoms with Crippen LogP contribution in [0.1, 0.15) is 39.5 Å². The van der Waals surface area contributed by atoms with Gasteiger partial charge in [-0.3, -0.25) is 9.79 Å². The number of halogens is 3. The van der Waals surface area contributed by atoms with Gasteiger partial charge >= 0.3 is 12.2 Å². The number of rotatable bonds is 3. The highest BCUT2D eigenvalue weighted by Crippen LogP contribution is 2.53. The van der Waals surface area contributed by atoms with E-state index in [0.717, 1.165) is 18.9 Å². The SMILES string of the molecule is C/C=C(\N=C(C)CC1CC2(C1)CN(C(=O)N1CCC3OCC(=O)NC3C1)C2)C(F)(F)F. The van der Waals surface area contributed by atoms with Crippen molar-refractivity contribution in [2.75, 3.05) is 32.8 Å². The molecule has 3 heterocycles. The van der Waals surface area contributed by atoms with Crippen molar-refractivity contribution in [3.63, 3.8) is 0 Å². The molecule has 172 valence electrons. The van der Waals surface area contributed by atoms with E-state index in [1.54, 1.807) is 11.8 Å². The van der Waals surface area contributed by atoms with Gasteiger partial charge in [-0.2, -0.15) is 13.2 Å². The summed E-state index contributed by atoms with van der Waals surface area (Å²) in [6, 6.07) is -0.156. The Morgan fingerprint density at radius 2 is 2.03 bits per heavy atom. The van der Waals surface area contributed by atoms with Gasteiger partial charge in [0.2, 0.25) is 5.91 Å². The minimum absolute atomic E-state index is 0.00649. The number of ether oxygens (including phenoxy) is 1. The monoisotopic (exact) mass is 442 g/mol. The maximum absolute atomic E-state index is 12.8. The summed E-state index contributed by atoms with van der Waals surface area (Å²) in [4.78, 5) is 31.8. The molecule has 7 nitrogen and oxygen atoms in total. The van der Waals surface area contributed by atoms with E-state index in [4.69, 9.17) is 4.74 Å². The molecule has 0 aromatic heterocycles. The van der Waals surface area contributed by atoms with E-state index in [1.165, 1.54) is 6.92 Å². The molecule has 1 saturated carbocycles. The van der Waals surface area contributed by atoms with Gasteiger partial charge in [0.15, 0.2) is 0 Å². The number of urea groups is 1. The standard InChI is InChI=1S/C21H29F3N4O3/c1-3-17(21(22,23)24)25-13(2)6-14-7-20(8-14)11-28(12-20)19(30)27-5-4-16-15(9-27)26-18(29)10-31-16/h3,14-16H,4-12H2,1-2H3,(H,26,29)/b17-3-,25-13?. The van der Waals surface area contributed by atoms with Gasteiger partial charge < -0.3 is 19.9 Å². The second-order valence-corrected chi connectivity index (χ2v) is 9.39. The Balaban J connectivity index is 1.22. The number of nitrogens with zero attached hydrogens (tertiary/aromatic N) is 3. The molecule has 4 fully saturated rings. The zero-order valence-electron chi connectivity index (χ0n) is 17.9. The van der Waals surface area contributed by atoms with E-state index in [-0.39, 0.29) is 36.1 Å². The average Bonchev–Trinajstić information content (AvgIpc) is 2.64. The lowest BCUT2D eigenvalue weighted by atomic mass is 9.57. The second-order valence-electron chi connectivity index (χ2n) is 9.39. The molecule has 3 saturated heterocycles. The van der Waals surface area contributed by atoms with E-state index in [9.17, 15) is 22.8 Å². The summed E-state index contributed by atoms with van der Waals surface area (Å²) >= 11 is 0. The number of amides is 3. The van der Waals surface area contributed by atoms with Gasteiger partial charge in [0.1, 0.15) is 12.3 Å². The van der Waals surface area contributed by atoms with E-state index in [2.05, 4.69) is 10.3 Å². The Labute approximate surface area is 179 Å². The number of aliphatic imine (C=N–C) groups is 1. The number of carbonyl (C=O) groups excluding carboxylic acids is 2. The number of hydrogen-bond acceptors (Lipinski definition) is 4. The molecule has 1 N–H and O–H groups in total. The molecular weight excluding hydrogens is 413 g/mol. The molecule has 1 aliphatic carbocycles. The minimum atomic E-state index is -4.42. The molecule has 0 aromatic carbocycles. The van der Waals surface area contributed by atoms with Crippen LogP contribution in [0.5, 0.6) is 0 Å². The maximum atomic E-state index is 12.8. The number of carbonyl (C=O) groups is 2. The number of fused-ring (bicyclic) bond motifs is 1. The Bertz CT molecular complexity index is 796. The zero-order valence-corrected chi connectivity index (χ0v) is 17.9. The van der Waals surface area contributed by atoms with E-state index >= 15 is 0 Å². The van der Waals surface area contributed by atoms with Crippen molar-refractivity contribution in [1.82, 2.24) is 15.1 Å². The van der Waals surface area contributed by atoms with Crippen LogP contribution in [-0.4, -0.2) is 78.6 Å². The van der Waals surface area contributed by atoms with Crippen LogP contribution in [0.4, 0.5) is 18.0 Å². The van der Waals surface area contributed by atoms with Crippen LogP contribution in [0.3, 0.4) is 0 Å². The van der Waals surface area contributed by atoms with Gasteiger partial charge in [0.05, 0.1) is 12.1 Å². The Kier molecular flexibility index (Phi) is 5.78. The summed E-state index contributed by atoms with van der Waals surface area (Å²) in [6.45, 7) is 5.53. The van der Waals surface area contributed by atoms with Gasteiger partial charge in [0.25, 0.3) is 0 Å². The fourth-order valence-corrected chi connectivity index (χ4v) is 5.50. The predicted molar refractivity (Wildman–Crippen MR) is 108 cm³/mol. The van der Waals surface area contributed by atoms with Crippen LogP contribution in [0.2, 0.25) is 0 Å². The molecule has 0 bridgehead atoms. The molecular formula is C21H29F3N4O3. The largest absolute Gasteiger partial charge is 0.432 e. The first-order chi connectivity index (χ1) is 14.6. The van der Waals surface area contributed by atoms with Crippen molar-refractivity contribution in [3.8, 4) is 0 Å². The van der Waals surface area contributed by atoms with E-state index in [0.29, 0.717) is 50.7 Å².